The summed E-state index contributed by atoms with van der Waals surface area (Å²) in [5, 5.41) is 0.529. The van der Waals surface area contributed by atoms with Gasteiger partial charge in [-0.25, -0.2) is 4.98 Å². The van der Waals surface area contributed by atoms with Gasteiger partial charge in [0.05, 0.1) is 4.90 Å². The van der Waals surface area contributed by atoms with Crippen LogP contribution < -0.4 is 15.0 Å². The number of aromatic nitrogens is 2. The lowest BCUT2D eigenvalue weighted by Gasteiger charge is -2.03. The molecule has 1 aliphatic heterocycles. The molecule has 86 valence electrons. The van der Waals surface area contributed by atoms with Crippen molar-refractivity contribution in [2.75, 3.05) is 6.79 Å². The Morgan fingerprint density at radius 1 is 1.29 bits per heavy atom. The third kappa shape index (κ3) is 1.99. The number of fused-ring (bicyclic) bond motifs is 1. The number of hydrogen-bond donors (Lipinski definition) is 1. The molecule has 0 amide bonds. The molecule has 6 heteroatoms. The van der Waals surface area contributed by atoms with Crippen molar-refractivity contribution in [1.29, 1.82) is 0 Å². The zero-order valence-corrected chi connectivity index (χ0v) is 9.49. The molecule has 17 heavy (non-hydrogen) atoms. The largest absolute Gasteiger partial charge is 0.454 e. The predicted octanol–water partition coefficient (Wildman–Crippen LogP) is 1.65. The van der Waals surface area contributed by atoms with E-state index in [4.69, 9.17) is 9.47 Å². The van der Waals surface area contributed by atoms with Crippen LogP contribution in [0.15, 0.2) is 45.3 Å². The topological polar surface area (TPSA) is 64.2 Å². The lowest BCUT2D eigenvalue weighted by molar-refractivity contribution is 0.172. The first-order valence-corrected chi connectivity index (χ1v) is 5.76. The summed E-state index contributed by atoms with van der Waals surface area (Å²) in [6, 6.07) is 6.98. The summed E-state index contributed by atoms with van der Waals surface area (Å²) in [4.78, 5) is 18.7. The molecule has 0 saturated carbocycles. The summed E-state index contributed by atoms with van der Waals surface area (Å²) in [6.07, 6.45) is 1.47. The first-order chi connectivity index (χ1) is 8.33. The van der Waals surface area contributed by atoms with Gasteiger partial charge in [0.2, 0.25) is 6.79 Å². The molecule has 0 spiro atoms. The van der Waals surface area contributed by atoms with Gasteiger partial charge in [0.1, 0.15) is 0 Å². The SMILES string of the molecule is O=c1ccnc(Sc2cccc3c2OCO3)[nH]1. The first kappa shape index (κ1) is 10.2. The number of benzene rings is 1. The number of nitrogens with zero attached hydrogens (tertiary/aromatic N) is 1. The highest BCUT2D eigenvalue weighted by Gasteiger charge is 2.18. The number of aromatic amines is 1. The molecule has 3 rings (SSSR count). The highest BCUT2D eigenvalue weighted by atomic mass is 32.2. The molecule has 5 nitrogen and oxygen atoms in total. The Balaban J connectivity index is 1.96. The van der Waals surface area contributed by atoms with Crippen LogP contribution >= 0.6 is 11.8 Å². The Kier molecular flexibility index (Phi) is 2.49. The fraction of sp³-hybridized carbons (Fsp3) is 0.0909. The highest BCUT2D eigenvalue weighted by molar-refractivity contribution is 7.99. The molecule has 0 atom stereocenters. The molecule has 0 bridgehead atoms. The van der Waals surface area contributed by atoms with Gasteiger partial charge in [0.25, 0.3) is 5.56 Å². The number of hydrogen-bond acceptors (Lipinski definition) is 5. The van der Waals surface area contributed by atoms with Crippen molar-refractivity contribution in [2.24, 2.45) is 0 Å². The summed E-state index contributed by atoms with van der Waals surface area (Å²) in [7, 11) is 0. The molecular formula is C11H8N2O3S. The summed E-state index contributed by atoms with van der Waals surface area (Å²) in [6.45, 7) is 0.228. The van der Waals surface area contributed by atoms with Crippen LogP contribution in [0.1, 0.15) is 0 Å². The summed E-state index contributed by atoms with van der Waals surface area (Å²) >= 11 is 1.34. The van der Waals surface area contributed by atoms with Crippen LogP contribution in [0, 0.1) is 0 Å². The lowest BCUT2D eigenvalue weighted by Crippen LogP contribution is -2.05. The van der Waals surface area contributed by atoms with E-state index in [0.29, 0.717) is 16.7 Å². The molecule has 2 heterocycles. The van der Waals surface area contributed by atoms with Gasteiger partial charge in [-0.1, -0.05) is 6.07 Å². The quantitative estimate of drug-likeness (QED) is 0.819. The minimum Gasteiger partial charge on any atom is -0.454 e. The molecular weight excluding hydrogens is 240 g/mol. The van der Waals surface area contributed by atoms with E-state index >= 15 is 0 Å². The summed E-state index contributed by atoms with van der Waals surface area (Å²) in [5.74, 6) is 1.41. The van der Waals surface area contributed by atoms with Gasteiger partial charge >= 0.3 is 0 Å². The first-order valence-electron chi connectivity index (χ1n) is 4.95. The van der Waals surface area contributed by atoms with Crippen LogP contribution in [0.4, 0.5) is 0 Å². The van der Waals surface area contributed by atoms with E-state index < -0.39 is 0 Å². The van der Waals surface area contributed by atoms with Gasteiger partial charge < -0.3 is 14.5 Å². The molecule has 1 N–H and O–H groups in total. The number of nitrogens with one attached hydrogen (secondary N) is 1. The molecule has 1 aromatic heterocycles. The molecule has 1 aliphatic rings. The smallest absolute Gasteiger partial charge is 0.251 e. The van der Waals surface area contributed by atoms with Gasteiger partial charge in [-0.05, 0) is 23.9 Å². The van der Waals surface area contributed by atoms with E-state index in [-0.39, 0.29) is 12.4 Å². The van der Waals surface area contributed by atoms with Gasteiger partial charge in [0, 0.05) is 12.3 Å². The van der Waals surface area contributed by atoms with Crippen molar-refractivity contribution in [1.82, 2.24) is 9.97 Å². The molecule has 2 aromatic rings. The van der Waals surface area contributed by atoms with Crippen molar-refractivity contribution in [2.45, 2.75) is 10.1 Å². The molecule has 0 fully saturated rings. The average molecular weight is 248 g/mol. The van der Waals surface area contributed by atoms with E-state index in [1.807, 2.05) is 18.2 Å². The van der Waals surface area contributed by atoms with E-state index in [9.17, 15) is 4.79 Å². The normalized spacial score (nSPS) is 12.7. The second-order valence-corrected chi connectivity index (χ2v) is 4.36. The summed E-state index contributed by atoms with van der Waals surface area (Å²) in [5.41, 5.74) is -0.174. The van der Waals surface area contributed by atoms with Crippen molar-refractivity contribution in [3.8, 4) is 11.5 Å². The number of para-hydroxylation sites is 1. The van der Waals surface area contributed by atoms with Crippen molar-refractivity contribution < 1.29 is 9.47 Å². The van der Waals surface area contributed by atoms with E-state index in [1.165, 1.54) is 24.0 Å². The average Bonchev–Trinajstić information content (AvgIpc) is 2.78. The van der Waals surface area contributed by atoms with Gasteiger partial charge in [-0.3, -0.25) is 4.79 Å². The predicted molar refractivity (Wildman–Crippen MR) is 61.5 cm³/mol. The second kappa shape index (κ2) is 4.14. The van der Waals surface area contributed by atoms with Crippen LogP contribution in [0.2, 0.25) is 0 Å². The Bertz CT molecular complexity index is 612. The van der Waals surface area contributed by atoms with E-state index in [2.05, 4.69) is 9.97 Å². The fourth-order valence-corrected chi connectivity index (χ4v) is 2.36. The third-order valence-electron chi connectivity index (χ3n) is 2.21. The van der Waals surface area contributed by atoms with Crippen LogP contribution in [-0.2, 0) is 0 Å². The third-order valence-corrected chi connectivity index (χ3v) is 3.16. The number of rotatable bonds is 2. The molecule has 0 unspecified atom stereocenters. The van der Waals surface area contributed by atoms with Crippen LogP contribution in [-0.4, -0.2) is 16.8 Å². The Morgan fingerprint density at radius 3 is 3.12 bits per heavy atom. The standard InChI is InChI=1S/C11H8N2O3S/c14-9-4-5-12-11(13-9)17-8-3-1-2-7-10(8)16-6-15-7/h1-5H,6H2,(H,12,13,14). The minimum atomic E-state index is -0.174. The van der Waals surface area contributed by atoms with Crippen LogP contribution in [0.5, 0.6) is 11.5 Å². The Hall–Kier alpha value is -1.95. The Labute approximate surface area is 101 Å². The lowest BCUT2D eigenvalue weighted by atomic mass is 10.3. The molecule has 0 saturated heterocycles. The van der Waals surface area contributed by atoms with Crippen molar-refractivity contribution in [3.63, 3.8) is 0 Å². The zero-order chi connectivity index (χ0) is 11.7. The van der Waals surface area contributed by atoms with Crippen LogP contribution in [0.3, 0.4) is 0 Å². The van der Waals surface area contributed by atoms with E-state index in [0.717, 1.165) is 4.90 Å². The highest BCUT2D eigenvalue weighted by Crippen LogP contribution is 2.42. The van der Waals surface area contributed by atoms with Crippen molar-refractivity contribution in [3.05, 3.63) is 40.8 Å². The monoisotopic (exact) mass is 248 g/mol. The van der Waals surface area contributed by atoms with E-state index in [1.54, 1.807) is 0 Å². The maximum absolute atomic E-state index is 11.1. The maximum atomic E-state index is 11.1. The fourth-order valence-electron chi connectivity index (χ4n) is 1.49. The van der Waals surface area contributed by atoms with Gasteiger partial charge in [-0.15, -0.1) is 0 Å². The summed E-state index contributed by atoms with van der Waals surface area (Å²) < 4.78 is 10.6. The minimum absolute atomic E-state index is 0.174. The molecule has 0 aliphatic carbocycles. The molecule has 0 radical (unpaired) electrons. The van der Waals surface area contributed by atoms with Gasteiger partial charge in [-0.2, -0.15) is 0 Å². The number of H-pyrrole nitrogens is 1. The van der Waals surface area contributed by atoms with Gasteiger partial charge in [0.15, 0.2) is 16.7 Å². The number of ether oxygens (including phenoxy) is 2. The van der Waals surface area contributed by atoms with Crippen molar-refractivity contribution >= 4 is 11.8 Å². The molecule has 1 aromatic carbocycles. The van der Waals surface area contributed by atoms with Crippen LogP contribution in [0.25, 0.3) is 0 Å². The maximum Gasteiger partial charge on any atom is 0.251 e. The zero-order valence-electron chi connectivity index (χ0n) is 8.67. The second-order valence-electron chi connectivity index (χ2n) is 3.33. The Morgan fingerprint density at radius 2 is 2.24 bits per heavy atom.